The first-order valence-electron chi connectivity index (χ1n) is 4.30. The second kappa shape index (κ2) is 4.72. The first kappa shape index (κ1) is 11.4. The van der Waals surface area contributed by atoms with E-state index in [4.69, 9.17) is 23.1 Å². The van der Waals surface area contributed by atoms with E-state index < -0.39 is 5.97 Å². The van der Waals surface area contributed by atoms with Gasteiger partial charge in [-0.25, -0.2) is 4.79 Å². The molecule has 0 aliphatic carbocycles. The molecule has 2 N–H and O–H groups in total. The maximum absolute atomic E-state index is 10.7. The fraction of sp³-hybridized carbons (Fsp3) is 0.182. The third-order valence-electron chi connectivity index (χ3n) is 1.83. The number of anilines is 1. The molecule has 0 spiro atoms. The summed E-state index contributed by atoms with van der Waals surface area (Å²) in [6, 6.07) is 4.48. The number of rotatable bonds is 3. The molecule has 3 nitrogen and oxygen atoms in total. The van der Waals surface area contributed by atoms with Crippen molar-refractivity contribution in [2.45, 2.75) is 13.0 Å². The molecule has 78 valence electrons. The van der Waals surface area contributed by atoms with Crippen LogP contribution < -0.4 is 5.32 Å². The standard InChI is InChI=1S/C11H10ClNO2/c1-3-7(2)13-8-4-5-9(11(14)15)10(12)6-8/h1,4-7,13H,2H3,(H,14,15). The van der Waals surface area contributed by atoms with Gasteiger partial charge in [0, 0.05) is 5.69 Å². The van der Waals surface area contributed by atoms with Gasteiger partial charge >= 0.3 is 5.97 Å². The van der Waals surface area contributed by atoms with E-state index in [2.05, 4.69) is 11.2 Å². The molecule has 1 aromatic carbocycles. The van der Waals surface area contributed by atoms with Crippen molar-refractivity contribution in [3.8, 4) is 12.3 Å². The number of carboxylic acids is 1. The van der Waals surface area contributed by atoms with Crippen molar-refractivity contribution in [3.63, 3.8) is 0 Å². The van der Waals surface area contributed by atoms with Crippen molar-refractivity contribution in [3.05, 3.63) is 28.8 Å². The number of hydrogen-bond acceptors (Lipinski definition) is 2. The molecular formula is C11H10ClNO2. The van der Waals surface area contributed by atoms with Crippen LogP contribution in [0, 0.1) is 12.3 Å². The SMILES string of the molecule is C#CC(C)Nc1ccc(C(=O)O)c(Cl)c1. The Kier molecular flexibility index (Phi) is 3.59. The number of hydrogen-bond donors (Lipinski definition) is 2. The van der Waals surface area contributed by atoms with Crippen LogP contribution >= 0.6 is 11.6 Å². The molecule has 4 heteroatoms. The van der Waals surface area contributed by atoms with Gasteiger partial charge in [0.2, 0.25) is 0 Å². The molecule has 0 radical (unpaired) electrons. The van der Waals surface area contributed by atoms with Gasteiger partial charge < -0.3 is 10.4 Å². The van der Waals surface area contributed by atoms with E-state index in [1.165, 1.54) is 6.07 Å². The lowest BCUT2D eigenvalue weighted by atomic mass is 10.2. The van der Waals surface area contributed by atoms with E-state index in [9.17, 15) is 4.79 Å². The van der Waals surface area contributed by atoms with Crippen molar-refractivity contribution in [1.82, 2.24) is 0 Å². The minimum absolute atomic E-state index is 0.0792. The quantitative estimate of drug-likeness (QED) is 0.774. The Bertz CT molecular complexity index is 423. The maximum atomic E-state index is 10.7. The van der Waals surface area contributed by atoms with Crippen molar-refractivity contribution in [2.24, 2.45) is 0 Å². The number of nitrogens with one attached hydrogen (secondary N) is 1. The van der Waals surface area contributed by atoms with Crippen molar-refractivity contribution in [2.75, 3.05) is 5.32 Å². The molecule has 0 heterocycles. The van der Waals surface area contributed by atoms with Crippen LogP contribution in [0.2, 0.25) is 5.02 Å². The fourth-order valence-corrected chi connectivity index (χ4v) is 1.33. The molecule has 0 amide bonds. The van der Waals surface area contributed by atoms with Crippen LogP contribution in [0.15, 0.2) is 18.2 Å². The summed E-state index contributed by atoms with van der Waals surface area (Å²) in [4.78, 5) is 10.7. The monoisotopic (exact) mass is 223 g/mol. The van der Waals surface area contributed by atoms with Crippen LogP contribution in [-0.4, -0.2) is 17.1 Å². The average Bonchev–Trinajstić information content (AvgIpc) is 2.17. The predicted octanol–water partition coefficient (Wildman–Crippen LogP) is 2.47. The highest BCUT2D eigenvalue weighted by Gasteiger charge is 2.09. The third-order valence-corrected chi connectivity index (χ3v) is 2.15. The van der Waals surface area contributed by atoms with E-state index in [0.29, 0.717) is 5.69 Å². The summed E-state index contributed by atoms with van der Waals surface area (Å²) in [7, 11) is 0. The van der Waals surface area contributed by atoms with Crippen LogP contribution in [-0.2, 0) is 0 Å². The van der Waals surface area contributed by atoms with Crippen molar-refractivity contribution < 1.29 is 9.90 Å². The lowest BCUT2D eigenvalue weighted by Crippen LogP contribution is -2.12. The first-order chi connectivity index (χ1) is 7.04. The molecule has 1 rings (SSSR count). The third kappa shape index (κ3) is 2.90. The van der Waals surface area contributed by atoms with Crippen LogP contribution in [0.3, 0.4) is 0 Å². The second-order valence-corrected chi connectivity index (χ2v) is 3.44. The molecule has 0 saturated carbocycles. The zero-order valence-corrected chi connectivity index (χ0v) is 8.88. The number of carboxylic acid groups (broad SMARTS) is 1. The van der Waals surface area contributed by atoms with Gasteiger partial charge in [0.25, 0.3) is 0 Å². The molecule has 1 unspecified atom stereocenters. The second-order valence-electron chi connectivity index (χ2n) is 3.03. The van der Waals surface area contributed by atoms with E-state index in [1.54, 1.807) is 12.1 Å². The highest BCUT2D eigenvalue weighted by molar-refractivity contribution is 6.33. The molecule has 0 saturated heterocycles. The Hall–Kier alpha value is -1.66. The van der Waals surface area contributed by atoms with E-state index >= 15 is 0 Å². The summed E-state index contributed by atoms with van der Waals surface area (Å²) < 4.78 is 0. The highest BCUT2D eigenvalue weighted by atomic mass is 35.5. The highest BCUT2D eigenvalue weighted by Crippen LogP contribution is 2.21. The maximum Gasteiger partial charge on any atom is 0.337 e. The van der Waals surface area contributed by atoms with Crippen LogP contribution in [0.1, 0.15) is 17.3 Å². The molecule has 1 aromatic rings. The summed E-state index contributed by atoms with van der Waals surface area (Å²) in [6.07, 6.45) is 5.20. The number of halogens is 1. The largest absolute Gasteiger partial charge is 0.478 e. The van der Waals surface area contributed by atoms with Gasteiger partial charge in [0.1, 0.15) is 0 Å². The number of terminal acetylenes is 1. The Morgan fingerprint density at radius 2 is 2.33 bits per heavy atom. The summed E-state index contributed by atoms with van der Waals surface area (Å²) in [5, 5.41) is 11.9. The number of benzene rings is 1. The summed E-state index contributed by atoms with van der Waals surface area (Å²) in [5.74, 6) is 1.45. The van der Waals surface area contributed by atoms with Gasteiger partial charge in [-0.05, 0) is 25.1 Å². The normalized spacial score (nSPS) is 11.5. The van der Waals surface area contributed by atoms with Crippen molar-refractivity contribution in [1.29, 1.82) is 0 Å². The lowest BCUT2D eigenvalue weighted by molar-refractivity contribution is 0.0697. The average molecular weight is 224 g/mol. The van der Waals surface area contributed by atoms with E-state index in [-0.39, 0.29) is 16.6 Å². The molecule has 0 aliphatic rings. The van der Waals surface area contributed by atoms with Gasteiger partial charge in [-0.2, -0.15) is 0 Å². The van der Waals surface area contributed by atoms with Gasteiger partial charge in [-0.3, -0.25) is 0 Å². The minimum atomic E-state index is -1.04. The summed E-state index contributed by atoms with van der Waals surface area (Å²) in [5.41, 5.74) is 0.783. The molecular weight excluding hydrogens is 214 g/mol. The van der Waals surface area contributed by atoms with Crippen LogP contribution in [0.25, 0.3) is 0 Å². The van der Waals surface area contributed by atoms with E-state index in [0.717, 1.165) is 0 Å². The summed E-state index contributed by atoms with van der Waals surface area (Å²) >= 11 is 5.78. The summed E-state index contributed by atoms with van der Waals surface area (Å²) in [6.45, 7) is 1.82. The Balaban J connectivity index is 2.93. The Morgan fingerprint density at radius 1 is 1.67 bits per heavy atom. The number of aromatic carboxylic acids is 1. The molecule has 0 fully saturated rings. The van der Waals surface area contributed by atoms with Crippen molar-refractivity contribution >= 4 is 23.3 Å². The fourth-order valence-electron chi connectivity index (χ4n) is 1.07. The zero-order chi connectivity index (χ0) is 11.4. The minimum Gasteiger partial charge on any atom is -0.478 e. The molecule has 1 atom stereocenters. The zero-order valence-electron chi connectivity index (χ0n) is 8.12. The van der Waals surface area contributed by atoms with Crippen LogP contribution in [0.5, 0.6) is 0 Å². The Labute approximate surface area is 93.1 Å². The molecule has 0 aromatic heterocycles. The van der Waals surface area contributed by atoms with Gasteiger partial charge in [-0.15, -0.1) is 6.42 Å². The van der Waals surface area contributed by atoms with Crippen LogP contribution in [0.4, 0.5) is 5.69 Å². The first-order valence-corrected chi connectivity index (χ1v) is 4.68. The smallest absolute Gasteiger partial charge is 0.337 e. The molecule has 0 bridgehead atoms. The van der Waals surface area contributed by atoms with Gasteiger partial charge in [0.15, 0.2) is 0 Å². The van der Waals surface area contributed by atoms with E-state index in [1.807, 2.05) is 6.92 Å². The number of carbonyl (C=O) groups is 1. The molecule has 15 heavy (non-hydrogen) atoms. The van der Waals surface area contributed by atoms with Gasteiger partial charge in [0.05, 0.1) is 16.6 Å². The molecule has 0 aliphatic heterocycles. The van der Waals surface area contributed by atoms with Gasteiger partial charge in [-0.1, -0.05) is 17.5 Å². The topological polar surface area (TPSA) is 49.3 Å². The Morgan fingerprint density at radius 3 is 2.80 bits per heavy atom. The lowest BCUT2D eigenvalue weighted by Gasteiger charge is -2.10. The predicted molar refractivity (Wildman–Crippen MR) is 60.3 cm³/mol.